The highest BCUT2D eigenvalue weighted by atomic mass is 16.2. The zero-order valence-electron chi connectivity index (χ0n) is 14.0. The molecule has 4 rings (SSSR count). The first-order chi connectivity index (χ1) is 12.3. The average Bonchev–Trinajstić information content (AvgIpc) is 3.11. The van der Waals surface area contributed by atoms with Crippen molar-refractivity contribution in [3.05, 3.63) is 84.4 Å². The first-order valence-electron chi connectivity index (χ1n) is 8.59. The Balaban J connectivity index is 1.40. The minimum Gasteiger partial charge on any atom is -0.376 e. The molecule has 3 aromatic carbocycles. The molecule has 3 nitrogen and oxygen atoms in total. The lowest BCUT2D eigenvalue weighted by atomic mass is 10.1. The van der Waals surface area contributed by atoms with Crippen LogP contribution in [-0.2, 0) is 11.2 Å². The van der Waals surface area contributed by atoms with Gasteiger partial charge in [0.2, 0.25) is 5.91 Å². The highest BCUT2D eigenvalue weighted by molar-refractivity contribution is 5.98. The van der Waals surface area contributed by atoms with Crippen molar-refractivity contribution in [2.24, 2.45) is 0 Å². The summed E-state index contributed by atoms with van der Waals surface area (Å²) in [6, 6.07) is 26.6. The van der Waals surface area contributed by atoms with Crippen LogP contribution < -0.4 is 10.2 Å². The Hall–Kier alpha value is -3.07. The molecule has 124 valence electrons. The van der Waals surface area contributed by atoms with Gasteiger partial charge in [-0.25, -0.2) is 0 Å². The number of nitrogens with one attached hydrogen (secondary N) is 1. The topological polar surface area (TPSA) is 32.3 Å². The van der Waals surface area contributed by atoms with Gasteiger partial charge in [-0.15, -0.1) is 0 Å². The fourth-order valence-electron chi connectivity index (χ4n) is 3.28. The van der Waals surface area contributed by atoms with Crippen molar-refractivity contribution in [3.8, 4) is 11.1 Å². The molecule has 0 saturated heterocycles. The minimum absolute atomic E-state index is 0.108. The van der Waals surface area contributed by atoms with Gasteiger partial charge < -0.3 is 10.2 Å². The van der Waals surface area contributed by atoms with E-state index < -0.39 is 0 Å². The maximum Gasteiger partial charge on any atom is 0.246 e. The van der Waals surface area contributed by atoms with Crippen LogP contribution in [0, 0.1) is 0 Å². The maximum absolute atomic E-state index is 12.5. The van der Waals surface area contributed by atoms with Crippen molar-refractivity contribution in [1.82, 2.24) is 0 Å². The van der Waals surface area contributed by atoms with Gasteiger partial charge in [0.15, 0.2) is 0 Å². The minimum atomic E-state index is 0.108. The van der Waals surface area contributed by atoms with Gasteiger partial charge in [-0.2, -0.15) is 0 Å². The third-order valence-corrected chi connectivity index (χ3v) is 4.62. The van der Waals surface area contributed by atoms with Gasteiger partial charge >= 0.3 is 0 Å². The predicted octanol–water partition coefficient (Wildman–Crippen LogP) is 4.35. The second-order valence-electron chi connectivity index (χ2n) is 6.22. The van der Waals surface area contributed by atoms with Gasteiger partial charge in [-0.3, -0.25) is 4.79 Å². The molecule has 1 N–H and O–H groups in total. The first kappa shape index (κ1) is 15.5. The molecule has 0 spiro atoms. The molecule has 1 aliphatic heterocycles. The van der Waals surface area contributed by atoms with E-state index in [0.717, 1.165) is 24.3 Å². The number of fused-ring (bicyclic) bond motifs is 1. The number of rotatable bonds is 4. The van der Waals surface area contributed by atoms with E-state index in [4.69, 9.17) is 0 Å². The molecule has 0 aromatic heterocycles. The quantitative estimate of drug-likeness (QED) is 0.772. The summed E-state index contributed by atoms with van der Waals surface area (Å²) in [4.78, 5) is 14.4. The Kier molecular flexibility index (Phi) is 4.21. The second-order valence-corrected chi connectivity index (χ2v) is 6.22. The van der Waals surface area contributed by atoms with E-state index in [1.54, 1.807) is 0 Å². The number of nitrogens with zero attached hydrogens (tertiary/aromatic N) is 1. The number of carbonyl (C=O) groups excluding carboxylic acids is 1. The van der Waals surface area contributed by atoms with Crippen LogP contribution in [0.2, 0.25) is 0 Å². The molecule has 0 fully saturated rings. The Morgan fingerprint density at radius 3 is 2.32 bits per heavy atom. The van der Waals surface area contributed by atoms with Crippen molar-refractivity contribution in [2.75, 3.05) is 23.3 Å². The lowest BCUT2D eigenvalue weighted by Crippen LogP contribution is -2.34. The highest BCUT2D eigenvalue weighted by Crippen LogP contribution is 2.27. The fraction of sp³-hybridized carbons (Fsp3) is 0.136. The number of carbonyl (C=O) groups is 1. The first-order valence-corrected chi connectivity index (χ1v) is 8.59. The average molecular weight is 328 g/mol. The molecule has 1 amide bonds. The molecule has 0 atom stereocenters. The molecule has 1 aliphatic rings. The highest BCUT2D eigenvalue weighted by Gasteiger charge is 2.23. The Morgan fingerprint density at radius 1 is 0.840 bits per heavy atom. The smallest absolute Gasteiger partial charge is 0.246 e. The fourth-order valence-corrected chi connectivity index (χ4v) is 3.28. The normalized spacial score (nSPS) is 12.7. The van der Waals surface area contributed by atoms with E-state index in [-0.39, 0.29) is 5.91 Å². The molecule has 0 unspecified atom stereocenters. The molecule has 0 bridgehead atoms. The number of hydrogen-bond acceptors (Lipinski definition) is 2. The zero-order chi connectivity index (χ0) is 17.1. The molecular formula is C22H20N2O. The van der Waals surface area contributed by atoms with E-state index in [1.807, 2.05) is 53.4 Å². The van der Waals surface area contributed by atoms with Crippen molar-refractivity contribution in [3.63, 3.8) is 0 Å². The maximum atomic E-state index is 12.5. The molecule has 1 heterocycles. The van der Waals surface area contributed by atoms with E-state index >= 15 is 0 Å². The number of anilines is 2. The summed E-state index contributed by atoms with van der Waals surface area (Å²) in [5, 5.41) is 3.24. The van der Waals surface area contributed by atoms with Gasteiger partial charge in [0.25, 0.3) is 0 Å². The summed E-state index contributed by atoms with van der Waals surface area (Å²) in [5.74, 6) is 0.108. The van der Waals surface area contributed by atoms with Crippen LogP contribution in [0.1, 0.15) is 5.56 Å². The molecule has 3 heteroatoms. The largest absolute Gasteiger partial charge is 0.376 e. The van der Waals surface area contributed by atoms with Crippen LogP contribution in [0.25, 0.3) is 11.1 Å². The molecule has 0 saturated carbocycles. The van der Waals surface area contributed by atoms with Gasteiger partial charge in [0.1, 0.15) is 0 Å². The lowest BCUT2D eigenvalue weighted by molar-refractivity contribution is -0.116. The van der Waals surface area contributed by atoms with Crippen molar-refractivity contribution < 1.29 is 4.79 Å². The van der Waals surface area contributed by atoms with Gasteiger partial charge in [0, 0.05) is 17.9 Å². The van der Waals surface area contributed by atoms with Crippen molar-refractivity contribution in [1.29, 1.82) is 0 Å². The molecule has 3 aromatic rings. The van der Waals surface area contributed by atoms with Crippen LogP contribution in [0.5, 0.6) is 0 Å². The molecule has 0 radical (unpaired) electrons. The second kappa shape index (κ2) is 6.81. The van der Waals surface area contributed by atoms with E-state index in [9.17, 15) is 4.79 Å². The van der Waals surface area contributed by atoms with Crippen LogP contribution in [0.3, 0.4) is 0 Å². The van der Waals surface area contributed by atoms with Crippen LogP contribution in [-0.4, -0.2) is 19.0 Å². The Bertz CT molecular complexity index is 872. The SMILES string of the molecule is O=C(CNc1ccc(-c2ccccc2)cc1)N1CCc2ccccc21. The van der Waals surface area contributed by atoms with E-state index in [0.29, 0.717) is 6.54 Å². The molecular weight excluding hydrogens is 308 g/mol. The molecule has 0 aliphatic carbocycles. The van der Waals surface area contributed by atoms with Gasteiger partial charge in [-0.1, -0.05) is 60.7 Å². The van der Waals surface area contributed by atoms with E-state index in [1.165, 1.54) is 16.7 Å². The number of para-hydroxylation sites is 1. The Labute approximate surface area is 147 Å². The van der Waals surface area contributed by atoms with Crippen molar-refractivity contribution in [2.45, 2.75) is 6.42 Å². The Morgan fingerprint density at radius 2 is 1.52 bits per heavy atom. The summed E-state index contributed by atoms with van der Waals surface area (Å²) in [6.07, 6.45) is 0.938. The van der Waals surface area contributed by atoms with Gasteiger partial charge in [-0.05, 0) is 41.3 Å². The molecule has 25 heavy (non-hydrogen) atoms. The van der Waals surface area contributed by atoms with E-state index in [2.05, 4.69) is 35.6 Å². The summed E-state index contributed by atoms with van der Waals surface area (Å²) in [7, 11) is 0. The third kappa shape index (κ3) is 3.26. The standard InChI is InChI=1S/C22H20N2O/c25-22(24-15-14-19-8-4-5-9-21(19)24)16-23-20-12-10-18(11-13-20)17-6-2-1-3-7-17/h1-13,23H,14-16H2. The van der Waals surface area contributed by atoms with Crippen LogP contribution in [0.4, 0.5) is 11.4 Å². The summed E-state index contributed by atoms with van der Waals surface area (Å²) in [5.41, 5.74) is 5.63. The summed E-state index contributed by atoms with van der Waals surface area (Å²) in [6.45, 7) is 1.08. The monoisotopic (exact) mass is 328 g/mol. The number of amides is 1. The summed E-state index contributed by atoms with van der Waals surface area (Å²) >= 11 is 0. The summed E-state index contributed by atoms with van der Waals surface area (Å²) < 4.78 is 0. The zero-order valence-corrected chi connectivity index (χ0v) is 14.0. The lowest BCUT2D eigenvalue weighted by Gasteiger charge is -2.18. The van der Waals surface area contributed by atoms with Gasteiger partial charge in [0.05, 0.1) is 6.54 Å². The number of benzene rings is 3. The van der Waals surface area contributed by atoms with Crippen molar-refractivity contribution >= 4 is 17.3 Å². The predicted molar refractivity (Wildman–Crippen MR) is 103 cm³/mol. The third-order valence-electron chi connectivity index (χ3n) is 4.62. The van der Waals surface area contributed by atoms with Crippen LogP contribution >= 0.6 is 0 Å². The number of hydrogen-bond donors (Lipinski definition) is 1. The van der Waals surface area contributed by atoms with Crippen LogP contribution in [0.15, 0.2) is 78.9 Å².